The van der Waals surface area contributed by atoms with E-state index in [-0.39, 0.29) is 5.91 Å². The maximum Gasteiger partial charge on any atom is 0.220 e. The van der Waals surface area contributed by atoms with Gasteiger partial charge in [0.2, 0.25) is 5.91 Å². The van der Waals surface area contributed by atoms with Gasteiger partial charge in [-0.15, -0.1) is 0 Å². The number of carbonyl (C=O) groups is 1. The Kier molecular flexibility index (Phi) is 7.84. The molecule has 0 unspecified atom stereocenters. The van der Waals surface area contributed by atoms with Crippen molar-refractivity contribution in [1.29, 1.82) is 0 Å². The third-order valence-corrected chi connectivity index (χ3v) is 4.68. The second-order valence-electron chi connectivity index (χ2n) is 6.89. The van der Waals surface area contributed by atoms with Gasteiger partial charge in [-0.3, -0.25) is 4.79 Å². The molecule has 150 valence electrons. The van der Waals surface area contributed by atoms with Gasteiger partial charge in [0.05, 0.1) is 20.3 Å². The molecule has 1 amide bonds. The molecule has 0 bridgehead atoms. The minimum Gasteiger partial charge on any atom is -0.496 e. The van der Waals surface area contributed by atoms with Crippen molar-refractivity contribution in [1.82, 2.24) is 5.32 Å². The number of amides is 1. The molecule has 0 aromatic heterocycles. The molecule has 0 aliphatic rings. The van der Waals surface area contributed by atoms with Gasteiger partial charge in [-0.25, -0.2) is 0 Å². The van der Waals surface area contributed by atoms with Crippen LogP contribution < -0.4 is 10.1 Å². The summed E-state index contributed by atoms with van der Waals surface area (Å²) >= 11 is 0. The Hall–Kier alpha value is -3.11. The predicted octanol–water partition coefficient (Wildman–Crippen LogP) is 4.66. The average molecular weight is 389 g/mol. The van der Waals surface area contributed by atoms with E-state index < -0.39 is 0 Å². The fraction of sp³-hybridized carbons (Fsp3) is 0.240. The lowest BCUT2D eigenvalue weighted by Gasteiger charge is -2.10. The topological polar surface area (TPSA) is 47.6 Å². The zero-order valence-corrected chi connectivity index (χ0v) is 16.8. The van der Waals surface area contributed by atoms with Crippen LogP contribution >= 0.6 is 0 Å². The number of nitrogens with one attached hydrogen (secondary N) is 1. The van der Waals surface area contributed by atoms with Gasteiger partial charge in [-0.2, -0.15) is 0 Å². The van der Waals surface area contributed by atoms with Gasteiger partial charge in [0, 0.05) is 13.0 Å². The van der Waals surface area contributed by atoms with Crippen LogP contribution in [0.25, 0.3) is 0 Å². The first-order valence-electron chi connectivity index (χ1n) is 9.82. The highest BCUT2D eigenvalue weighted by Crippen LogP contribution is 2.18. The summed E-state index contributed by atoms with van der Waals surface area (Å²) in [4.78, 5) is 12.2. The number of hydrogen-bond donors (Lipinski definition) is 1. The van der Waals surface area contributed by atoms with E-state index in [9.17, 15) is 4.79 Å². The zero-order chi connectivity index (χ0) is 20.3. The molecule has 3 aromatic carbocycles. The second kappa shape index (κ2) is 11.0. The fourth-order valence-electron chi connectivity index (χ4n) is 3.14. The smallest absolute Gasteiger partial charge is 0.220 e. The van der Waals surface area contributed by atoms with Crippen LogP contribution in [0.2, 0.25) is 0 Å². The van der Waals surface area contributed by atoms with Crippen molar-refractivity contribution in [3.8, 4) is 5.75 Å². The zero-order valence-electron chi connectivity index (χ0n) is 16.8. The van der Waals surface area contributed by atoms with Crippen molar-refractivity contribution in [3.63, 3.8) is 0 Å². The molecule has 0 atom stereocenters. The molecule has 3 rings (SSSR count). The molecule has 0 fully saturated rings. The molecule has 0 aliphatic carbocycles. The van der Waals surface area contributed by atoms with Gasteiger partial charge in [-0.1, -0.05) is 72.8 Å². The lowest BCUT2D eigenvalue weighted by molar-refractivity contribution is -0.121. The average Bonchev–Trinajstić information content (AvgIpc) is 2.77. The summed E-state index contributed by atoms with van der Waals surface area (Å²) in [7, 11) is 1.65. The maximum absolute atomic E-state index is 12.2. The third kappa shape index (κ3) is 6.77. The van der Waals surface area contributed by atoms with Gasteiger partial charge < -0.3 is 14.8 Å². The van der Waals surface area contributed by atoms with E-state index in [4.69, 9.17) is 9.47 Å². The lowest BCUT2D eigenvalue weighted by Crippen LogP contribution is -2.23. The summed E-state index contributed by atoms with van der Waals surface area (Å²) < 4.78 is 11.1. The van der Waals surface area contributed by atoms with Gasteiger partial charge in [0.25, 0.3) is 0 Å². The van der Waals surface area contributed by atoms with Crippen molar-refractivity contribution in [2.75, 3.05) is 7.11 Å². The first kappa shape index (κ1) is 20.6. The Morgan fingerprint density at radius 1 is 0.828 bits per heavy atom. The Morgan fingerprint density at radius 3 is 2.34 bits per heavy atom. The van der Waals surface area contributed by atoms with Crippen molar-refractivity contribution in [3.05, 3.63) is 101 Å². The molecule has 1 N–H and O–H groups in total. The number of methoxy groups -OCH3 is 1. The number of hydrogen-bond acceptors (Lipinski definition) is 3. The first-order valence-corrected chi connectivity index (χ1v) is 9.82. The Labute approximate surface area is 172 Å². The van der Waals surface area contributed by atoms with E-state index in [1.807, 2.05) is 60.7 Å². The third-order valence-electron chi connectivity index (χ3n) is 4.68. The summed E-state index contributed by atoms with van der Waals surface area (Å²) in [6, 6.07) is 26.0. The van der Waals surface area contributed by atoms with Crippen LogP contribution in [0.15, 0.2) is 78.9 Å². The molecule has 0 spiro atoms. The molecule has 4 heteroatoms. The summed E-state index contributed by atoms with van der Waals surface area (Å²) in [6.07, 6.45) is 1.09. The quantitative estimate of drug-likeness (QED) is 0.549. The summed E-state index contributed by atoms with van der Waals surface area (Å²) in [5.41, 5.74) is 4.37. The molecular formula is C25H27NO3. The highest BCUT2D eigenvalue weighted by atomic mass is 16.5. The molecule has 0 heterocycles. The van der Waals surface area contributed by atoms with Crippen LogP contribution in [0.4, 0.5) is 0 Å². The van der Waals surface area contributed by atoms with E-state index in [1.165, 1.54) is 0 Å². The number of ether oxygens (including phenoxy) is 2. The monoisotopic (exact) mass is 389 g/mol. The summed E-state index contributed by atoms with van der Waals surface area (Å²) in [5.74, 6) is 0.852. The number of aryl methyl sites for hydroxylation is 1. The molecule has 0 saturated carbocycles. The predicted molar refractivity (Wildman–Crippen MR) is 115 cm³/mol. The SMILES string of the molecule is COc1ccccc1CCC(=O)NCc1cccc(COCc2ccccc2)c1. The standard InChI is InChI=1S/C25H27NO3/c1-28-24-13-6-5-12-23(24)14-15-25(27)26-17-21-10-7-11-22(16-21)19-29-18-20-8-3-2-4-9-20/h2-13,16H,14-15,17-19H2,1H3,(H,26,27). The van der Waals surface area contributed by atoms with Crippen LogP contribution in [0.3, 0.4) is 0 Å². The molecule has 0 radical (unpaired) electrons. The van der Waals surface area contributed by atoms with Gasteiger partial charge in [0.15, 0.2) is 0 Å². The molecule has 3 aromatic rings. The molecule has 0 aliphatic heterocycles. The van der Waals surface area contributed by atoms with Crippen molar-refractivity contribution >= 4 is 5.91 Å². The highest BCUT2D eigenvalue weighted by Gasteiger charge is 2.06. The molecular weight excluding hydrogens is 362 g/mol. The Balaban J connectivity index is 1.43. The summed E-state index contributed by atoms with van der Waals surface area (Å²) in [5, 5.41) is 3.00. The van der Waals surface area contributed by atoms with Crippen LogP contribution in [0.1, 0.15) is 28.7 Å². The minimum atomic E-state index is 0.0293. The van der Waals surface area contributed by atoms with Crippen LogP contribution in [0, 0.1) is 0 Å². The minimum absolute atomic E-state index is 0.0293. The van der Waals surface area contributed by atoms with Gasteiger partial charge in [0.1, 0.15) is 5.75 Å². The van der Waals surface area contributed by atoms with E-state index in [0.717, 1.165) is 28.0 Å². The normalized spacial score (nSPS) is 10.5. The first-order chi connectivity index (χ1) is 14.2. The maximum atomic E-state index is 12.2. The molecule has 29 heavy (non-hydrogen) atoms. The molecule has 0 saturated heterocycles. The second-order valence-corrected chi connectivity index (χ2v) is 6.89. The van der Waals surface area contributed by atoms with Crippen LogP contribution in [-0.4, -0.2) is 13.0 Å². The van der Waals surface area contributed by atoms with E-state index in [1.54, 1.807) is 7.11 Å². The van der Waals surface area contributed by atoms with E-state index in [2.05, 4.69) is 23.5 Å². The van der Waals surface area contributed by atoms with Crippen molar-refractivity contribution < 1.29 is 14.3 Å². The van der Waals surface area contributed by atoms with Crippen LogP contribution in [-0.2, 0) is 35.7 Å². The largest absolute Gasteiger partial charge is 0.496 e. The highest BCUT2D eigenvalue weighted by molar-refractivity contribution is 5.76. The Morgan fingerprint density at radius 2 is 1.52 bits per heavy atom. The molecule has 4 nitrogen and oxygen atoms in total. The van der Waals surface area contributed by atoms with Gasteiger partial charge in [-0.05, 0) is 34.7 Å². The number of benzene rings is 3. The van der Waals surface area contributed by atoms with Crippen molar-refractivity contribution in [2.24, 2.45) is 0 Å². The van der Waals surface area contributed by atoms with E-state index >= 15 is 0 Å². The van der Waals surface area contributed by atoms with Crippen molar-refractivity contribution in [2.45, 2.75) is 32.6 Å². The van der Waals surface area contributed by atoms with E-state index in [0.29, 0.717) is 32.6 Å². The van der Waals surface area contributed by atoms with Gasteiger partial charge >= 0.3 is 0 Å². The summed E-state index contributed by atoms with van der Waals surface area (Å²) in [6.45, 7) is 1.65. The fourth-order valence-corrected chi connectivity index (χ4v) is 3.14. The lowest BCUT2D eigenvalue weighted by atomic mass is 10.1. The number of rotatable bonds is 10. The van der Waals surface area contributed by atoms with Crippen LogP contribution in [0.5, 0.6) is 5.75 Å². The Bertz CT molecular complexity index is 909. The number of para-hydroxylation sites is 1. The number of carbonyl (C=O) groups excluding carboxylic acids is 1.